The molecule has 1 aromatic carbocycles. The molecular weight excluding hydrogens is 319 g/mol. The summed E-state index contributed by atoms with van der Waals surface area (Å²) in [6.45, 7) is -0.229. The normalized spacial score (nSPS) is 11.3. The van der Waals surface area contributed by atoms with E-state index < -0.39 is 21.8 Å². The zero-order valence-corrected chi connectivity index (χ0v) is 12.5. The van der Waals surface area contributed by atoms with Crippen molar-refractivity contribution < 1.29 is 22.3 Å². The minimum absolute atomic E-state index is 0.199. The van der Waals surface area contributed by atoms with Gasteiger partial charge >= 0.3 is 5.97 Å². The molecule has 0 radical (unpaired) electrons. The Morgan fingerprint density at radius 2 is 2.14 bits per heavy atom. The third-order valence-corrected chi connectivity index (χ3v) is 5.34. The van der Waals surface area contributed by atoms with Crippen LogP contribution in [0.4, 0.5) is 4.39 Å². The first-order valence-corrected chi connectivity index (χ1v) is 8.07. The number of carbonyl (C=O) groups is 1. The molecule has 0 aliphatic heterocycles. The second-order valence-corrected chi connectivity index (χ2v) is 6.71. The van der Waals surface area contributed by atoms with Gasteiger partial charge in [0.1, 0.15) is 5.82 Å². The van der Waals surface area contributed by atoms with Crippen molar-refractivity contribution in [2.45, 2.75) is 10.8 Å². The summed E-state index contributed by atoms with van der Waals surface area (Å²) in [7, 11) is -2.85. The van der Waals surface area contributed by atoms with Gasteiger partial charge in [0.05, 0.1) is 12.6 Å². The predicted molar refractivity (Wildman–Crippen MR) is 73.9 cm³/mol. The summed E-state index contributed by atoms with van der Waals surface area (Å²) in [5.41, 5.74) is 1.14. The van der Waals surface area contributed by atoms with Crippen molar-refractivity contribution >= 4 is 27.3 Å². The van der Waals surface area contributed by atoms with Crippen LogP contribution in [0.1, 0.15) is 16.1 Å². The maximum Gasteiger partial charge on any atom is 0.358 e. The van der Waals surface area contributed by atoms with Crippen molar-refractivity contribution in [1.82, 2.24) is 9.71 Å². The molecule has 6 nitrogen and oxygen atoms in total. The number of benzene rings is 1. The van der Waals surface area contributed by atoms with Crippen LogP contribution in [0.15, 0.2) is 34.0 Å². The molecule has 9 heteroatoms. The van der Waals surface area contributed by atoms with Crippen LogP contribution in [0.2, 0.25) is 0 Å². The van der Waals surface area contributed by atoms with Crippen LogP contribution in [0.3, 0.4) is 0 Å². The summed E-state index contributed by atoms with van der Waals surface area (Å²) in [6, 6.07) is 5.80. The summed E-state index contributed by atoms with van der Waals surface area (Å²) in [5.74, 6) is -1.36. The molecule has 1 N–H and O–H groups in total. The quantitative estimate of drug-likeness (QED) is 0.841. The fourth-order valence-electron chi connectivity index (χ4n) is 1.54. The number of nitrogens with zero attached hydrogens (tertiary/aromatic N) is 1. The zero-order valence-electron chi connectivity index (χ0n) is 10.9. The summed E-state index contributed by atoms with van der Waals surface area (Å²) in [4.78, 5) is 15.1. The fraction of sp³-hybridized carbons (Fsp3) is 0.167. The van der Waals surface area contributed by atoms with Gasteiger partial charge in [-0.25, -0.2) is 27.3 Å². The third-order valence-electron chi connectivity index (χ3n) is 2.57. The second-order valence-electron chi connectivity index (χ2n) is 3.90. The first-order chi connectivity index (χ1) is 9.95. The van der Waals surface area contributed by atoms with Crippen molar-refractivity contribution in [3.05, 3.63) is 46.9 Å². The van der Waals surface area contributed by atoms with Crippen LogP contribution in [-0.2, 0) is 21.3 Å². The van der Waals surface area contributed by atoms with Gasteiger partial charge in [0, 0.05) is 12.1 Å². The molecule has 0 aliphatic rings. The maximum atomic E-state index is 13.5. The smallest absolute Gasteiger partial charge is 0.358 e. The Kier molecular flexibility index (Phi) is 4.66. The first-order valence-electron chi connectivity index (χ1n) is 5.70. The third kappa shape index (κ3) is 3.43. The number of aromatic nitrogens is 1. The van der Waals surface area contributed by atoms with Gasteiger partial charge in [0.15, 0.2) is 9.90 Å². The van der Waals surface area contributed by atoms with Crippen LogP contribution in [-0.4, -0.2) is 26.5 Å². The first kappa shape index (κ1) is 15.5. The topological polar surface area (TPSA) is 85.4 Å². The highest BCUT2D eigenvalue weighted by molar-refractivity contribution is 7.91. The number of sulfonamides is 1. The van der Waals surface area contributed by atoms with E-state index in [1.54, 1.807) is 6.07 Å². The average molecular weight is 330 g/mol. The van der Waals surface area contributed by atoms with Gasteiger partial charge in [-0.3, -0.25) is 0 Å². The number of rotatable bonds is 5. The van der Waals surface area contributed by atoms with E-state index in [2.05, 4.69) is 14.4 Å². The number of methoxy groups -OCH3 is 1. The molecule has 1 aromatic heterocycles. The molecule has 1 heterocycles. The van der Waals surface area contributed by atoms with E-state index in [1.807, 2.05) is 0 Å². The van der Waals surface area contributed by atoms with Crippen molar-refractivity contribution in [3.8, 4) is 0 Å². The lowest BCUT2D eigenvalue weighted by Gasteiger charge is -2.06. The average Bonchev–Trinajstić information content (AvgIpc) is 2.96. The minimum Gasteiger partial charge on any atom is -0.464 e. The minimum atomic E-state index is -3.98. The summed E-state index contributed by atoms with van der Waals surface area (Å²) < 4.78 is 44.2. The number of ether oxygens (including phenoxy) is 1. The van der Waals surface area contributed by atoms with Gasteiger partial charge in [-0.2, -0.15) is 0 Å². The predicted octanol–water partition coefficient (Wildman–Crippen LogP) is 1.55. The molecule has 112 valence electrons. The van der Waals surface area contributed by atoms with Gasteiger partial charge in [-0.15, -0.1) is 11.3 Å². The number of thiazole rings is 1. The molecule has 0 bridgehead atoms. The van der Waals surface area contributed by atoms with Crippen LogP contribution < -0.4 is 4.72 Å². The Morgan fingerprint density at radius 3 is 2.81 bits per heavy atom. The van der Waals surface area contributed by atoms with Crippen molar-refractivity contribution in [3.63, 3.8) is 0 Å². The molecule has 21 heavy (non-hydrogen) atoms. The molecule has 0 spiro atoms. The van der Waals surface area contributed by atoms with Crippen molar-refractivity contribution in [2.75, 3.05) is 7.11 Å². The van der Waals surface area contributed by atoms with Crippen LogP contribution >= 0.6 is 11.3 Å². The second kappa shape index (κ2) is 6.29. The Balaban J connectivity index is 2.22. The number of nitrogens with one attached hydrogen (secondary N) is 1. The van der Waals surface area contributed by atoms with Crippen molar-refractivity contribution in [2.24, 2.45) is 0 Å². The molecule has 0 fully saturated rings. The Hall–Kier alpha value is -1.84. The molecule has 2 aromatic rings. The molecular formula is C12H11FN2O4S2. The van der Waals surface area contributed by atoms with Crippen LogP contribution in [0.25, 0.3) is 0 Å². The van der Waals surface area contributed by atoms with Crippen LogP contribution in [0, 0.1) is 5.82 Å². The molecule has 0 amide bonds. The van der Waals surface area contributed by atoms with E-state index in [-0.39, 0.29) is 22.0 Å². The van der Waals surface area contributed by atoms with Gasteiger partial charge < -0.3 is 4.74 Å². The van der Waals surface area contributed by atoms with E-state index in [9.17, 15) is 17.6 Å². The molecule has 0 aliphatic carbocycles. The number of hydrogen-bond donors (Lipinski definition) is 1. The van der Waals surface area contributed by atoms with E-state index in [0.29, 0.717) is 0 Å². The zero-order chi connectivity index (χ0) is 15.5. The number of hydrogen-bond acceptors (Lipinski definition) is 6. The highest BCUT2D eigenvalue weighted by Gasteiger charge is 2.26. The standard InChI is InChI=1S/C12H11FN2O4S2/c1-19-11(16)10-12(20-7-14-10)21(17,18)15-6-8-4-2-3-5-9(8)13/h2-5,7,15H,6H2,1H3. The van der Waals surface area contributed by atoms with E-state index in [4.69, 9.17) is 0 Å². The Morgan fingerprint density at radius 1 is 1.43 bits per heavy atom. The van der Waals surface area contributed by atoms with Gasteiger partial charge in [0.25, 0.3) is 10.0 Å². The summed E-state index contributed by atoms with van der Waals surface area (Å²) in [6.07, 6.45) is 0. The van der Waals surface area contributed by atoms with Gasteiger partial charge in [-0.05, 0) is 6.07 Å². The Labute approximate surface area is 124 Å². The molecule has 0 saturated heterocycles. The molecule has 0 atom stereocenters. The molecule has 0 unspecified atom stereocenters. The van der Waals surface area contributed by atoms with Gasteiger partial charge in [0.2, 0.25) is 0 Å². The molecule has 2 rings (SSSR count). The Bertz CT molecular complexity index is 758. The number of halogens is 1. The fourth-order valence-corrected chi connectivity index (χ4v) is 3.72. The highest BCUT2D eigenvalue weighted by Crippen LogP contribution is 2.21. The lowest BCUT2D eigenvalue weighted by Crippen LogP contribution is -2.24. The van der Waals surface area contributed by atoms with Gasteiger partial charge in [-0.1, -0.05) is 18.2 Å². The maximum absolute atomic E-state index is 13.5. The highest BCUT2D eigenvalue weighted by atomic mass is 32.2. The largest absolute Gasteiger partial charge is 0.464 e. The van der Waals surface area contributed by atoms with Crippen molar-refractivity contribution in [1.29, 1.82) is 0 Å². The van der Waals surface area contributed by atoms with Crippen LogP contribution in [0.5, 0.6) is 0 Å². The van der Waals surface area contributed by atoms with E-state index in [0.717, 1.165) is 18.4 Å². The summed E-state index contributed by atoms with van der Waals surface area (Å²) in [5, 5.41) is 0. The SMILES string of the molecule is COC(=O)c1ncsc1S(=O)(=O)NCc1ccccc1F. The lowest BCUT2D eigenvalue weighted by molar-refractivity contribution is 0.0590. The van der Waals surface area contributed by atoms with E-state index >= 15 is 0 Å². The number of esters is 1. The lowest BCUT2D eigenvalue weighted by atomic mass is 10.2. The summed E-state index contributed by atoms with van der Waals surface area (Å²) >= 11 is 0.783. The van der Waals surface area contributed by atoms with E-state index in [1.165, 1.54) is 23.7 Å². The molecule has 0 saturated carbocycles. The number of carbonyl (C=O) groups excluding carboxylic acids is 1. The monoisotopic (exact) mass is 330 g/mol.